The normalized spacial score (nSPS) is 15.3. The third kappa shape index (κ3) is 2.95. The number of hydrogen-bond acceptors (Lipinski definition) is 5. The first kappa shape index (κ1) is 16.0. The van der Waals surface area contributed by atoms with Gasteiger partial charge in [-0.05, 0) is 12.0 Å². The number of hydrogen-bond donors (Lipinski definition) is 2. The van der Waals surface area contributed by atoms with E-state index in [9.17, 15) is 14.7 Å². The van der Waals surface area contributed by atoms with Crippen LogP contribution in [0.25, 0.3) is 10.9 Å². The summed E-state index contributed by atoms with van der Waals surface area (Å²) in [6.07, 6.45) is 2.75. The summed E-state index contributed by atoms with van der Waals surface area (Å²) in [5.74, 6) is -0.737. The van der Waals surface area contributed by atoms with Gasteiger partial charge in [0.25, 0.3) is 5.91 Å². The zero-order chi connectivity index (χ0) is 17.3. The average Bonchev–Trinajstić information content (AvgIpc) is 3.00. The zero-order valence-corrected chi connectivity index (χ0v) is 13.4. The molecule has 0 bridgehead atoms. The van der Waals surface area contributed by atoms with Crippen LogP contribution >= 0.6 is 0 Å². The number of pyridine rings is 1. The van der Waals surface area contributed by atoms with Crippen molar-refractivity contribution >= 4 is 22.8 Å². The highest BCUT2D eigenvalue weighted by atomic mass is 16.5. The van der Waals surface area contributed by atoms with Crippen molar-refractivity contribution in [3.05, 3.63) is 47.9 Å². The minimum atomic E-state index is -0.445. The fourth-order valence-electron chi connectivity index (χ4n) is 2.74. The summed E-state index contributed by atoms with van der Waals surface area (Å²) in [7, 11) is 0. The highest BCUT2D eigenvalue weighted by Crippen LogP contribution is 2.34. The predicted octanol–water partition coefficient (Wildman–Crippen LogP) is 2.58. The Balaban J connectivity index is 1.93. The number of carbonyl (C=O) groups excluding carboxylic acids is 2. The van der Waals surface area contributed by atoms with Crippen LogP contribution in [-0.2, 0) is 14.3 Å². The Hall–Kier alpha value is -2.89. The van der Waals surface area contributed by atoms with Gasteiger partial charge >= 0.3 is 5.97 Å². The van der Waals surface area contributed by atoms with Crippen LogP contribution in [0.15, 0.2) is 42.3 Å². The topological polar surface area (TPSA) is 88.5 Å². The van der Waals surface area contributed by atoms with E-state index >= 15 is 0 Å². The van der Waals surface area contributed by atoms with E-state index in [0.717, 1.165) is 5.39 Å². The van der Waals surface area contributed by atoms with Crippen LogP contribution in [0.2, 0.25) is 0 Å². The molecule has 2 N–H and O–H groups in total. The lowest BCUT2D eigenvalue weighted by atomic mass is 9.93. The Bertz CT molecular complexity index is 842. The molecule has 1 atom stereocenters. The number of fused-ring (bicyclic) bond motifs is 1. The molecule has 0 radical (unpaired) electrons. The molecule has 24 heavy (non-hydrogen) atoms. The summed E-state index contributed by atoms with van der Waals surface area (Å²) >= 11 is 0. The van der Waals surface area contributed by atoms with E-state index in [2.05, 4.69) is 10.3 Å². The third-order valence-corrected chi connectivity index (χ3v) is 4.03. The second-order valence-corrected chi connectivity index (χ2v) is 6.08. The van der Waals surface area contributed by atoms with E-state index in [1.165, 1.54) is 6.26 Å². The minimum Gasteiger partial charge on any atom is -0.505 e. The van der Waals surface area contributed by atoms with Crippen LogP contribution in [0.3, 0.4) is 0 Å². The minimum absolute atomic E-state index is 0.0274. The van der Waals surface area contributed by atoms with Gasteiger partial charge in [0.1, 0.15) is 17.5 Å². The van der Waals surface area contributed by atoms with Gasteiger partial charge in [0, 0.05) is 17.1 Å². The van der Waals surface area contributed by atoms with Gasteiger partial charge in [0.2, 0.25) is 0 Å². The van der Waals surface area contributed by atoms with Gasteiger partial charge in [-0.15, -0.1) is 0 Å². The number of phenolic OH excluding ortho intramolecular Hbond substituents is 1. The van der Waals surface area contributed by atoms with Crippen molar-refractivity contribution in [1.82, 2.24) is 10.3 Å². The predicted molar refractivity (Wildman–Crippen MR) is 87.9 cm³/mol. The quantitative estimate of drug-likeness (QED) is 0.843. The van der Waals surface area contributed by atoms with Crippen molar-refractivity contribution < 1.29 is 19.4 Å². The van der Waals surface area contributed by atoms with Gasteiger partial charge in [0.15, 0.2) is 0 Å². The largest absolute Gasteiger partial charge is 0.505 e. The maximum Gasteiger partial charge on any atom is 0.315 e. The van der Waals surface area contributed by atoms with Gasteiger partial charge in [-0.3, -0.25) is 14.6 Å². The zero-order valence-electron chi connectivity index (χ0n) is 13.4. The van der Waals surface area contributed by atoms with E-state index in [1.54, 1.807) is 18.3 Å². The summed E-state index contributed by atoms with van der Waals surface area (Å²) in [5.41, 5.74) is 1.37. The highest BCUT2D eigenvalue weighted by molar-refractivity contribution is 5.99. The maximum atomic E-state index is 12.3. The van der Waals surface area contributed by atoms with Crippen molar-refractivity contribution in [1.29, 1.82) is 0 Å². The molecule has 1 aromatic carbocycles. The third-order valence-electron chi connectivity index (χ3n) is 4.03. The Morgan fingerprint density at radius 3 is 2.79 bits per heavy atom. The summed E-state index contributed by atoms with van der Waals surface area (Å²) in [4.78, 5) is 27.7. The van der Waals surface area contributed by atoms with Crippen LogP contribution < -0.4 is 5.32 Å². The van der Waals surface area contributed by atoms with Gasteiger partial charge in [-0.1, -0.05) is 32.0 Å². The number of rotatable bonds is 4. The fraction of sp³-hybridized carbons (Fsp3) is 0.278. The fourth-order valence-corrected chi connectivity index (χ4v) is 2.74. The molecule has 1 aromatic heterocycles. The van der Waals surface area contributed by atoms with Crippen molar-refractivity contribution in [3.63, 3.8) is 0 Å². The molecule has 6 nitrogen and oxygen atoms in total. The number of esters is 1. The van der Waals surface area contributed by atoms with Gasteiger partial charge < -0.3 is 15.2 Å². The number of cyclic esters (lactones) is 1. The Morgan fingerprint density at radius 2 is 2.12 bits per heavy atom. The van der Waals surface area contributed by atoms with E-state index in [4.69, 9.17) is 4.74 Å². The number of aromatic nitrogens is 1. The number of nitrogens with one attached hydrogen (secondary N) is 1. The molecule has 0 saturated heterocycles. The van der Waals surface area contributed by atoms with Crippen LogP contribution in [0.5, 0.6) is 5.75 Å². The van der Waals surface area contributed by atoms with Crippen LogP contribution in [0, 0.1) is 5.92 Å². The first-order valence-electron chi connectivity index (χ1n) is 7.73. The van der Waals surface area contributed by atoms with Crippen molar-refractivity contribution in [2.75, 3.05) is 0 Å². The van der Waals surface area contributed by atoms with Gasteiger partial charge in [0.05, 0.1) is 18.0 Å². The highest BCUT2D eigenvalue weighted by Gasteiger charge is 2.27. The average molecular weight is 326 g/mol. The SMILES string of the molecule is CC(C)C(NC(=O)C1=COC(=O)C1)c1ccc2cccnc2c1O. The molecule has 2 heterocycles. The molecule has 1 amide bonds. The Labute approximate surface area is 139 Å². The molecule has 1 aliphatic rings. The Kier molecular flexibility index (Phi) is 4.20. The molecular formula is C18H18N2O4. The van der Waals surface area contributed by atoms with Crippen molar-refractivity contribution in [2.24, 2.45) is 5.92 Å². The van der Waals surface area contributed by atoms with E-state index in [0.29, 0.717) is 11.1 Å². The number of ether oxygens (including phenoxy) is 1. The molecular weight excluding hydrogens is 308 g/mol. The Morgan fingerprint density at radius 1 is 1.33 bits per heavy atom. The second kappa shape index (κ2) is 6.31. The standard InChI is InChI=1S/C18H18N2O4/c1-10(2)15(20-18(23)12-8-14(21)24-9-12)13-6-5-11-4-3-7-19-16(11)17(13)22/h3-7,9-10,15,22H,8H2,1-2H3,(H,20,23). The lowest BCUT2D eigenvalue weighted by molar-refractivity contribution is -0.135. The van der Waals surface area contributed by atoms with Crippen LogP contribution in [-0.4, -0.2) is 22.0 Å². The summed E-state index contributed by atoms with van der Waals surface area (Å²) in [6, 6.07) is 6.89. The van der Waals surface area contributed by atoms with E-state index < -0.39 is 12.0 Å². The lowest BCUT2D eigenvalue weighted by Crippen LogP contribution is -2.32. The maximum absolute atomic E-state index is 12.3. The number of phenols is 1. The van der Waals surface area contributed by atoms with Crippen molar-refractivity contribution in [2.45, 2.75) is 26.3 Å². The first-order valence-corrected chi connectivity index (χ1v) is 7.73. The van der Waals surface area contributed by atoms with Crippen LogP contribution in [0.4, 0.5) is 0 Å². The molecule has 1 unspecified atom stereocenters. The molecule has 6 heteroatoms. The summed E-state index contributed by atoms with van der Waals surface area (Å²) < 4.78 is 4.69. The number of carbonyl (C=O) groups is 2. The lowest BCUT2D eigenvalue weighted by Gasteiger charge is -2.24. The van der Waals surface area contributed by atoms with Crippen molar-refractivity contribution in [3.8, 4) is 5.75 Å². The monoisotopic (exact) mass is 326 g/mol. The number of aromatic hydroxyl groups is 1. The molecule has 0 saturated carbocycles. The summed E-state index contributed by atoms with van der Waals surface area (Å²) in [5, 5.41) is 14.3. The number of nitrogens with zero attached hydrogens (tertiary/aromatic N) is 1. The smallest absolute Gasteiger partial charge is 0.315 e. The molecule has 2 aromatic rings. The first-order chi connectivity index (χ1) is 11.5. The summed E-state index contributed by atoms with van der Waals surface area (Å²) in [6.45, 7) is 3.88. The number of amides is 1. The molecule has 124 valence electrons. The molecule has 0 spiro atoms. The van der Waals surface area contributed by atoms with E-state index in [1.807, 2.05) is 26.0 Å². The van der Waals surface area contributed by atoms with E-state index in [-0.39, 0.29) is 29.6 Å². The number of benzene rings is 1. The molecule has 0 fully saturated rings. The molecule has 0 aliphatic carbocycles. The van der Waals surface area contributed by atoms with Gasteiger partial charge in [-0.25, -0.2) is 0 Å². The second-order valence-electron chi connectivity index (χ2n) is 6.08. The molecule has 3 rings (SSSR count). The van der Waals surface area contributed by atoms with Crippen LogP contribution in [0.1, 0.15) is 31.9 Å². The van der Waals surface area contributed by atoms with Gasteiger partial charge in [-0.2, -0.15) is 0 Å². The molecule has 1 aliphatic heterocycles.